The van der Waals surface area contributed by atoms with Crippen molar-refractivity contribution < 1.29 is 0 Å². The van der Waals surface area contributed by atoms with Crippen molar-refractivity contribution in [2.45, 2.75) is 13.3 Å². The van der Waals surface area contributed by atoms with Crippen LogP contribution in [0.1, 0.15) is 13.3 Å². The lowest BCUT2D eigenvalue weighted by Crippen LogP contribution is -2.10. The minimum Gasteiger partial charge on any atom is -0.391 e. The quantitative estimate of drug-likeness (QED) is 0.559. The maximum absolute atomic E-state index is 3.14. The molecule has 0 fully saturated rings. The third-order valence-corrected chi connectivity index (χ3v) is 1.60. The Morgan fingerprint density at radius 2 is 2.44 bits per heavy atom. The molecule has 0 saturated carbocycles. The first-order chi connectivity index (χ1) is 4.33. The molecule has 0 amide bonds. The topological polar surface area (TPSA) is 12.0 Å². The van der Waals surface area contributed by atoms with Crippen LogP contribution >= 0.6 is 0 Å². The largest absolute Gasteiger partial charge is 0.391 e. The molecule has 1 nitrogen and oxygen atoms in total. The zero-order chi connectivity index (χ0) is 6.69. The van der Waals surface area contributed by atoms with Gasteiger partial charge in [-0.3, -0.25) is 0 Å². The standard InChI is InChI=1S/C8H13N/c1-7-4-3-5-8(6-7)9-2/h3-5,7,9H,6H2,1-2H3. The van der Waals surface area contributed by atoms with Crippen LogP contribution in [0.4, 0.5) is 0 Å². The van der Waals surface area contributed by atoms with E-state index in [1.54, 1.807) is 0 Å². The summed E-state index contributed by atoms with van der Waals surface area (Å²) in [6, 6.07) is 0. The van der Waals surface area contributed by atoms with Crippen molar-refractivity contribution in [2.24, 2.45) is 5.92 Å². The molecule has 50 valence electrons. The van der Waals surface area contributed by atoms with E-state index in [2.05, 4.69) is 30.5 Å². The van der Waals surface area contributed by atoms with E-state index < -0.39 is 0 Å². The second-order valence-corrected chi connectivity index (χ2v) is 2.51. The van der Waals surface area contributed by atoms with Gasteiger partial charge in [0, 0.05) is 12.7 Å². The smallest absolute Gasteiger partial charge is 0.0110 e. The SMILES string of the molecule is CNC1=CC=CC(C)C1. The van der Waals surface area contributed by atoms with E-state index in [0.717, 1.165) is 6.42 Å². The van der Waals surface area contributed by atoms with Crippen LogP contribution in [0.3, 0.4) is 0 Å². The summed E-state index contributed by atoms with van der Waals surface area (Å²) in [5.41, 5.74) is 1.34. The van der Waals surface area contributed by atoms with E-state index in [1.165, 1.54) is 5.70 Å². The van der Waals surface area contributed by atoms with Crippen molar-refractivity contribution in [3.05, 3.63) is 23.9 Å². The predicted molar refractivity (Wildman–Crippen MR) is 40.1 cm³/mol. The molecule has 0 aromatic heterocycles. The number of hydrogen-bond donors (Lipinski definition) is 1. The molecule has 0 aliphatic heterocycles. The van der Waals surface area contributed by atoms with E-state index in [1.807, 2.05) is 7.05 Å². The lowest BCUT2D eigenvalue weighted by atomic mass is 10.0. The van der Waals surface area contributed by atoms with Crippen molar-refractivity contribution >= 4 is 0 Å². The Bertz CT molecular complexity index is 145. The number of allylic oxidation sites excluding steroid dienone is 4. The summed E-state index contributed by atoms with van der Waals surface area (Å²) in [6.07, 6.45) is 7.62. The van der Waals surface area contributed by atoms with Crippen molar-refractivity contribution in [3.63, 3.8) is 0 Å². The molecule has 1 aliphatic rings. The molecule has 0 bridgehead atoms. The lowest BCUT2D eigenvalue weighted by Gasteiger charge is -2.12. The van der Waals surface area contributed by atoms with Gasteiger partial charge in [-0.2, -0.15) is 0 Å². The van der Waals surface area contributed by atoms with Crippen LogP contribution in [-0.2, 0) is 0 Å². The molecule has 0 aromatic rings. The highest BCUT2D eigenvalue weighted by Crippen LogP contribution is 2.14. The summed E-state index contributed by atoms with van der Waals surface area (Å²) >= 11 is 0. The minimum absolute atomic E-state index is 0.706. The van der Waals surface area contributed by atoms with Crippen molar-refractivity contribution in [3.8, 4) is 0 Å². The van der Waals surface area contributed by atoms with Crippen molar-refractivity contribution in [1.82, 2.24) is 5.32 Å². The van der Waals surface area contributed by atoms with Gasteiger partial charge >= 0.3 is 0 Å². The zero-order valence-electron chi connectivity index (χ0n) is 6.02. The first-order valence-electron chi connectivity index (χ1n) is 3.38. The molecule has 0 saturated heterocycles. The maximum atomic E-state index is 3.14. The fourth-order valence-electron chi connectivity index (χ4n) is 1.03. The molecule has 1 atom stereocenters. The van der Waals surface area contributed by atoms with E-state index >= 15 is 0 Å². The molecule has 1 rings (SSSR count). The minimum atomic E-state index is 0.706. The van der Waals surface area contributed by atoms with E-state index in [-0.39, 0.29) is 0 Å². The van der Waals surface area contributed by atoms with E-state index in [9.17, 15) is 0 Å². The fourth-order valence-corrected chi connectivity index (χ4v) is 1.03. The van der Waals surface area contributed by atoms with Gasteiger partial charge in [-0.05, 0) is 18.4 Å². The third kappa shape index (κ3) is 1.60. The summed E-state index contributed by atoms with van der Waals surface area (Å²) in [6.45, 7) is 2.22. The van der Waals surface area contributed by atoms with Crippen LogP contribution in [0.5, 0.6) is 0 Å². The lowest BCUT2D eigenvalue weighted by molar-refractivity contribution is 0.671. The highest BCUT2D eigenvalue weighted by molar-refractivity contribution is 5.17. The van der Waals surface area contributed by atoms with Crippen LogP contribution in [0.2, 0.25) is 0 Å². The number of rotatable bonds is 1. The number of hydrogen-bond acceptors (Lipinski definition) is 1. The Hall–Kier alpha value is -0.720. The van der Waals surface area contributed by atoms with Gasteiger partial charge in [0.2, 0.25) is 0 Å². The van der Waals surface area contributed by atoms with Gasteiger partial charge in [0.15, 0.2) is 0 Å². The van der Waals surface area contributed by atoms with Crippen LogP contribution < -0.4 is 5.32 Å². The summed E-state index contributed by atoms with van der Waals surface area (Å²) in [5.74, 6) is 0.706. The summed E-state index contributed by atoms with van der Waals surface area (Å²) in [7, 11) is 1.97. The predicted octanol–water partition coefficient (Wildman–Crippen LogP) is 1.69. The molecular formula is C8H13N. The Labute approximate surface area is 56.5 Å². The molecule has 0 spiro atoms. The Balaban J connectivity index is 2.55. The van der Waals surface area contributed by atoms with Crippen LogP contribution in [0.15, 0.2) is 23.9 Å². The van der Waals surface area contributed by atoms with Gasteiger partial charge in [-0.1, -0.05) is 19.1 Å². The third-order valence-electron chi connectivity index (χ3n) is 1.60. The second-order valence-electron chi connectivity index (χ2n) is 2.51. The molecule has 1 aliphatic carbocycles. The Morgan fingerprint density at radius 3 is 2.89 bits per heavy atom. The van der Waals surface area contributed by atoms with Gasteiger partial charge in [0.05, 0.1) is 0 Å². The van der Waals surface area contributed by atoms with Gasteiger partial charge in [-0.15, -0.1) is 0 Å². The van der Waals surface area contributed by atoms with Gasteiger partial charge in [-0.25, -0.2) is 0 Å². The monoisotopic (exact) mass is 123 g/mol. The molecule has 1 unspecified atom stereocenters. The summed E-state index contributed by atoms with van der Waals surface area (Å²) < 4.78 is 0. The first-order valence-corrected chi connectivity index (χ1v) is 3.38. The molecule has 0 heterocycles. The molecular weight excluding hydrogens is 110 g/mol. The Morgan fingerprint density at radius 1 is 1.67 bits per heavy atom. The van der Waals surface area contributed by atoms with Crippen molar-refractivity contribution in [2.75, 3.05) is 7.05 Å². The second kappa shape index (κ2) is 2.72. The summed E-state index contributed by atoms with van der Waals surface area (Å²) in [5, 5.41) is 3.14. The van der Waals surface area contributed by atoms with Gasteiger partial charge < -0.3 is 5.32 Å². The average Bonchev–Trinajstić information content (AvgIpc) is 1.88. The summed E-state index contributed by atoms with van der Waals surface area (Å²) in [4.78, 5) is 0. The molecule has 9 heavy (non-hydrogen) atoms. The molecule has 1 N–H and O–H groups in total. The van der Waals surface area contributed by atoms with Crippen molar-refractivity contribution in [1.29, 1.82) is 0 Å². The number of nitrogens with one attached hydrogen (secondary N) is 1. The van der Waals surface area contributed by atoms with Gasteiger partial charge in [0.1, 0.15) is 0 Å². The highest BCUT2D eigenvalue weighted by Gasteiger charge is 2.02. The van der Waals surface area contributed by atoms with Gasteiger partial charge in [0.25, 0.3) is 0 Å². The average molecular weight is 123 g/mol. The van der Waals surface area contributed by atoms with E-state index in [4.69, 9.17) is 0 Å². The molecule has 0 aromatic carbocycles. The molecule has 1 heteroatoms. The van der Waals surface area contributed by atoms with Crippen LogP contribution in [0, 0.1) is 5.92 Å². The fraction of sp³-hybridized carbons (Fsp3) is 0.500. The zero-order valence-corrected chi connectivity index (χ0v) is 6.02. The highest BCUT2D eigenvalue weighted by atomic mass is 14.8. The normalized spacial score (nSPS) is 25.6. The maximum Gasteiger partial charge on any atom is 0.0110 e. The van der Waals surface area contributed by atoms with Crippen LogP contribution in [0.25, 0.3) is 0 Å². The molecule has 0 radical (unpaired) electrons. The Kier molecular flexibility index (Phi) is 1.93. The van der Waals surface area contributed by atoms with Crippen LogP contribution in [-0.4, -0.2) is 7.05 Å². The first kappa shape index (κ1) is 6.40. The van der Waals surface area contributed by atoms with E-state index in [0.29, 0.717) is 5.92 Å².